The van der Waals surface area contributed by atoms with E-state index in [4.69, 9.17) is 9.84 Å². The highest BCUT2D eigenvalue weighted by atomic mass is 79.9. The Labute approximate surface area is 135 Å². The molecule has 0 aromatic heterocycles. The van der Waals surface area contributed by atoms with Crippen LogP contribution in [0.5, 0.6) is 5.75 Å². The molecule has 0 spiro atoms. The van der Waals surface area contributed by atoms with E-state index in [-0.39, 0.29) is 24.0 Å². The summed E-state index contributed by atoms with van der Waals surface area (Å²) in [5.41, 5.74) is 0.695. The number of nitrogens with one attached hydrogen (secondary N) is 2. The molecule has 0 saturated carbocycles. The van der Waals surface area contributed by atoms with Crippen LogP contribution in [-0.2, 0) is 9.59 Å². The molecule has 7 nitrogen and oxygen atoms in total. The van der Waals surface area contributed by atoms with E-state index in [0.29, 0.717) is 15.9 Å². The Morgan fingerprint density at radius 1 is 1.41 bits per heavy atom. The Balaban J connectivity index is 2.27. The van der Waals surface area contributed by atoms with Crippen LogP contribution in [-0.4, -0.2) is 35.5 Å². The monoisotopic (exact) mass is 370 g/mol. The molecule has 22 heavy (non-hydrogen) atoms. The zero-order valence-electron chi connectivity index (χ0n) is 12.0. The van der Waals surface area contributed by atoms with Gasteiger partial charge in [0.1, 0.15) is 11.8 Å². The highest BCUT2D eigenvalue weighted by molar-refractivity contribution is 9.10. The molecule has 8 heteroatoms. The Morgan fingerprint density at radius 2 is 2.09 bits per heavy atom. The number of fused-ring (bicyclic) bond motifs is 1. The molecule has 3 N–H and O–H groups in total. The van der Waals surface area contributed by atoms with Gasteiger partial charge in [-0.15, -0.1) is 0 Å². The van der Waals surface area contributed by atoms with Gasteiger partial charge in [0.25, 0.3) is 11.8 Å². The predicted octanol–water partition coefficient (Wildman–Crippen LogP) is 1.62. The van der Waals surface area contributed by atoms with Gasteiger partial charge in [0.05, 0.1) is 11.3 Å². The molecule has 1 aliphatic heterocycles. The summed E-state index contributed by atoms with van der Waals surface area (Å²) in [6, 6.07) is 2.02. The maximum atomic E-state index is 12.3. The molecule has 1 heterocycles. The molecular formula is C14H15BrN2O5. The SMILES string of the molecule is CC(C)C(NC(=O)c1cc2c(cc1Br)NC(=O)CO2)C(=O)O. The van der Waals surface area contributed by atoms with Gasteiger partial charge in [0.2, 0.25) is 0 Å². The summed E-state index contributed by atoms with van der Waals surface area (Å²) in [5, 5.41) is 14.2. The van der Waals surface area contributed by atoms with Crippen LogP contribution in [0.25, 0.3) is 0 Å². The first-order valence-corrected chi connectivity index (χ1v) is 7.38. The van der Waals surface area contributed by atoms with Gasteiger partial charge in [-0.2, -0.15) is 0 Å². The van der Waals surface area contributed by atoms with Crippen LogP contribution in [0.2, 0.25) is 0 Å². The highest BCUT2D eigenvalue weighted by Gasteiger charge is 2.26. The number of hydrogen-bond donors (Lipinski definition) is 3. The first-order valence-electron chi connectivity index (χ1n) is 6.59. The van der Waals surface area contributed by atoms with Crippen LogP contribution in [0.1, 0.15) is 24.2 Å². The second-order valence-electron chi connectivity index (χ2n) is 5.20. The molecule has 1 atom stereocenters. The lowest BCUT2D eigenvalue weighted by Crippen LogP contribution is -2.44. The Bertz CT molecular complexity index is 644. The van der Waals surface area contributed by atoms with Crippen molar-refractivity contribution in [2.45, 2.75) is 19.9 Å². The fourth-order valence-corrected chi connectivity index (χ4v) is 2.53. The van der Waals surface area contributed by atoms with Crippen molar-refractivity contribution in [2.24, 2.45) is 5.92 Å². The van der Waals surface area contributed by atoms with Gasteiger partial charge < -0.3 is 20.5 Å². The van der Waals surface area contributed by atoms with E-state index >= 15 is 0 Å². The summed E-state index contributed by atoms with van der Waals surface area (Å²) in [6.45, 7) is 3.29. The minimum Gasteiger partial charge on any atom is -0.482 e. The number of ether oxygens (including phenoxy) is 1. The minimum atomic E-state index is -1.10. The second-order valence-corrected chi connectivity index (χ2v) is 6.05. The molecule has 1 aliphatic rings. The first kappa shape index (κ1) is 16.3. The van der Waals surface area contributed by atoms with Crippen LogP contribution in [0.3, 0.4) is 0 Å². The number of halogens is 1. The van der Waals surface area contributed by atoms with E-state index in [0.717, 1.165) is 0 Å². The number of hydrogen-bond acceptors (Lipinski definition) is 4. The largest absolute Gasteiger partial charge is 0.482 e. The average Bonchev–Trinajstić information content (AvgIpc) is 2.42. The summed E-state index contributed by atoms with van der Waals surface area (Å²) in [7, 11) is 0. The molecular weight excluding hydrogens is 356 g/mol. The maximum Gasteiger partial charge on any atom is 0.326 e. The summed E-state index contributed by atoms with van der Waals surface area (Å²) in [4.78, 5) is 34.7. The maximum absolute atomic E-state index is 12.3. The molecule has 0 saturated heterocycles. The van der Waals surface area contributed by atoms with Crippen LogP contribution >= 0.6 is 15.9 Å². The third-order valence-corrected chi connectivity index (χ3v) is 3.82. The summed E-state index contributed by atoms with van der Waals surface area (Å²) in [5.74, 6) is -1.79. The molecule has 0 bridgehead atoms. The second kappa shape index (κ2) is 6.35. The first-order chi connectivity index (χ1) is 10.3. The number of aliphatic carboxylic acids is 1. The van der Waals surface area contributed by atoms with Crippen molar-refractivity contribution in [3.63, 3.8) is 0 Å². The summed E-state index contributed by atoms with van der Waals surface area (Å²) < 4.78 is 5.69. The minimum absolute atomic E-state index is 0.126. The molecule has 0 fully saturated rings. The van der Waals surface area contributed by atoms with Gasteiger partial charge in [-0.25, -0.2) is 4.79 Å². The number of carbonyl (C=O) groups is 3. The lowest BCUT2D eigenvalue weighted by atomic mass is 10.0. The fraction of sp³-hybridized carbons (Fsp3) is 0.357. The predicted molar refractivity (Wildman–Crippen MR) is 82.0 cm³/mol. The average molecular weight is 371 g/mol. The van der Waals surface area contributed by atoms with Gasteiger partial charge in [0, 0.05) is 4.47 Å². The molecule has 1 aromatic carbocycles. The number of rotatable bonds is 4. The number of carbonyl (C=O) groups excluding carboxylic acids is 2. The number of amides is 2. The summed E-state index contributed by atoms with van der Waals surface area (Å²) >= 11 is 3.24. The van der Waals surface area contributed by atoms with Crippen molar-refractivity contribution in [1.29, 1.82) is 0 Å². The third-order valence-electron chi connectivity index (χ3n) is 3.17. The fourth-order valence-electron chi connectivity index (χ4n) is 2.01. The molecule has 2 amide bonds. The zero-order chi connectivity index (χ0) is 16.4. The smallest absolute Gasteiger partial charge is 0.326 e. The van der Waals surface area contributed by atoms with Gasteiger partial charge in [-0.3, -0.25) is 9.59 Å². The lowest BCUT2D eigenvalue weighted by molar-refractivity contribution is -0.140. The quantitative estimate of drug-likeness (QED) is 0.746. The van der Waals surface area contributed by atoms with Crippen molar-refractivity contribution in [1.82, 2.24) is 5.32 Å². The van der Waals surface area contributed by atoms with Crippen LogP contribution in [0.15, 0.2) is 16.6 Å². The Kier molecular flexibility index (Phi) is 4.70. The lowest BCUT2D eigenvalue weighted by Gasteiger charge is -2.21. The highest BCUT2D eigenvalue weighted by Crippen LogP contribution is 2.33. The topological polar surface area (TPSA) is 105 Å². The van der Waals surface area contributed by atoms with Crippen molar-refractivity contribution >= 4 is 39.4 Å². The number of carboxylic acid groups (broad SMARTS) is 1. The van der Waals surface area contributed by atoms with Crippen LogP contribution in [0.4, 0.5) is 5.69 Å². The normalized spacial score (nSPS) is 14.6. The number of benzene rings is 1. The van der Waals surface area contributed by atoms with E-state index < -0.39 is 17.9 Å². The third kappa shape index (κ3) is 3.38. The molecule has 0 radical (unpaired) electrons. The van der Waals surface area contributed by atoms with E-state index in [9.17, 15) is 14.4 Å². The van der Waals surface area contributed by atoms with Crippen molar-refractivity contribution in [3.05, 3.63) is 22.2 Å². The zero-order valence-corrected chi connectivity index (χ0v) is 13.6. The van der Waals surface area contributed by atoms with Gasteiger partial charge in [-0.05, 0) is 34.0 Å². The summed E-state index contributed by atoms with van der Waals surface area (Å²) in [6.07, 6.45) is 0. The van der Waals surface area contributed by atoms with E-state index in [2.05, 4.69) is 26.6 Å². The molecule has 2 rings (SSSR count). The molecule has 0 aliphatic carbocycles. The molecule has 118 valence electrons. The van der Waals surface area contributed by atoms with Gasteiger partial charge in [-0.1, -0.05) is 13.8 Å². The molecule has 1 unspecified atom stereocenters. The van der Waals surface area contributed by atoms with Gasteiger partial charge >= 0.3 is 5.97 Å². The van der Waals surface area contributed by atoms with E-state index in [1.807, 2.05) is 0 Å². The molecule has 1 aromatic rings. The number of carboxylic acids is 1. The van der Waals surface area contributed by atoms with Crippen LogP contribution in [0, 0.1) is 5.92 Å². The van der Waals surface area contributed by atoms with Crippen LogP contribution < -0.4 is 15.4 Å². The Hall–Kier alpha value is -2.09. The van der Waals surface area contributed by atoms with Crippen molar-refractivity contribution in [3.8, 4) is 5.75 Å². The van der Waals surface area contributed by atoms with Gasteiger partial charge in [0.15, 0.2) is 6.61 Å². The van der Waals surface area contributed by atoms with Crippen molar-refractivity contribution < 1.29 is 24.2 Å². The standard InChI is InChI=1S/C14H15BrN2O5/c1-6(2)12(14(20)21)17-13(19)7-3-10-9(4-8(7)15)16-11(18)5-22-10/h3-4,6,12H,5H2,1-2H3,(H,16,18)(H,17,19)(H,20,21). The van der Waals surface area contributed by atoms with Crippen molar-refractivity contribution in [2.75, 3.05) is 11.9 Å². The number of anilines is 1. The van der Waals surface area contributed by atoms with E-state index in [1.165, 1.54) is 6.07 Å². The van der Waals surface area contributed by atoms with E-state index in [1.54, 1.807) is 19.9 Å². The Morgan fingerprint density at radius 3 is 2.68 bits per heavy atom.